The first kappa shape index (κ1) is 12.6. The van der Waals surface area contributed by atoms with Crippen LogP contribution in [0.3, 0.4) is 0 Å². The highest BCUT2D eigenvalue weighted by molar-refractivity contribution is 5.30. The molecule has 18 heavy (non-hydrogen) atoms. The molecule has 2 aromatic rings. The summed E-state index contributed by atoms with van der Waals surface area (Å²) in [6, 6.07) is 12.6. The monoisotopic (exact) mass is 245 g/mol. The van der Waals surface area contributed by atoms with Crippen molar-refractivity contribution in [2.24, 2.45) is 5.73 Å². The van der Waals surface area contributed by atoms with Crippen molar-refractivity contribution in [1.82, 2.24) is 0 Å². The van der Waals surface area contributed by atoms with Crippen LogP contribution in [-0.2, 0) is 13.2 Å². The second kappa shape index (κ2) is 5.65. The van der Waals surface area contributed by atoms with Crippen LogP contribution in [0.4, 0.5) is 4.39 Å². The number of aryl methyl sites for hydroxylation is 1. The Hall–Kier alpha value is -1.87. The summed E-state index contributed by atoms with van der Waals surface area (Å²) in [5.41, 5.74) is 8.56. The van der Waals surface area contributed by atoms with Crippen LogP contribution in [0.15, 0.2) is 42.5 Å². The van der Waals surface area contributed by atoms with Crippen LogP contribution in [0.5, 0.6) is 5.75 Å². The highest BCUT2D eigenvalue weighted by atomic mass is 19.1. The van der Waals surface area contributed by atoms with Crippen molar-refractivity contribution >= 4 is 0 Å². The van der Waals surface area contributed by atoms with E-state index in [1.165, 1.54) is 6.07 Å². The fourth-order valence-electron chi connectivity index (χ4n) is 1.65. The topological polar surface area (TPSA) is 35.2 Å². The van der Waals surface area contributed by atoms with Crippen LogP contribution in [-0.4, -0.2) is 0 Å². The lowest BCUT2D eigenvalue weighted by molar-refractivity contribution is 0.290. The second-order valence-electron chi connectivity index (χ2n) is 4.24. The summed E-state index contributed by atoms with van der Waals surface area (Å²) >= 11 is 0. The van der Waals surface area contributed by atoms with Gasteiger partial charge in [0.25, 0.3) is 0 Å². The molecule has 3 heteroatoms. The summed E-state index contributed by atoms with van der Waals surface area (Å²) in [4.78, 5) is 0. The van der Waals surface area contributed by atoms with Crippen LogP contribution < -0.4 is 10.5 Å². The Morgan fingerprint density at radius 3 is 2.39 bits per heavy atom. The Morgan fingerprint density at radius 2 is 1.72 bits per heavy atom. The zero-order valence-corrected chi connectivity index (χ0v) is 10.3. The summed E-state index contributed by atoms with van der Waals surface area (Å²) in [6.07, 6.45) is 0. The van der Waals surface area contributed by atoms with Gasteiger partial charge >= 0.3 is 0 Å². The summed E-state index contributed by atoms with van der Waals surface area (Å²) in [5.74, 6) is -0.0444. The molecule has 0 aliphatic carbocycles. The van der Waals surface area contributed by atoms with E-state index in [0.29, 0.717) is 13.2 Å². The molecular weight excluding hydrogens is 229 g/mol. The molecule has 0 fully saturated rings. The van der Waals surface area contributed by atoms with Gasteiger partial charge in [-0.25, -0.2) is 4.39 Å². The quantitative estimate of drug-likeness (QED) is 0.898. The summed E-state index contributed by atoms with van der Waals surface area (Å²) < 4.78 is 18.9. The fraction of sp³-hybridized carbons (Fsp3) is 0.200. The van der Waals surface area contributed by atoms with Gasteiger partial charge in [-0.15, -0.1) is 0 Å². The smallest absolute Gasteiger partial charge is 0.165 e. The SMILES string of the molecule is Cc1ccc(F)c(OCc2ccc(CN)cc2)c1. The summed E-state index contributed by atoms with van der Waals surface area (Å²) in [5, 5.41) is 0. The number of benzene rings is 2. The number of nitrogens with two attached hydrogens (primary N) is 1. The Kier molecular flexibility index (Phi) is 3.95. The number of halogens is 1. The molecule has 0 aromatic heterocycles. The fourth-order valence-corrected chi connectivity index (χ4v) is 1.65. The van der Waals surface area contributed by atoms with E-state index in [-0.39, 0.29) is 11.6 Å². The molecule has 0 amide bonds. The molecule has 2 nitrogen and oxygen atoms in total. The summed E-state index contributed by atoms with van der Waals surface area (Å²) in [6.45, 7) is 2.78. The van der Waals surface area contributed by atoms with Gasteiger partial charge in [0.15, 0.2) is 11.6 Å². The summed E-state index contributed by atoms with van der Waals surface area (Å²) in [7, 11) is 0. The van der Waals surface area contributed by atoms with E-state index in [9.17, 15) is 4.39 Å². The van der Waals surface area contributed by atoms with E-state index in [2.05, 4.69) is 0 Å². The molecule has 0 heterocycles. The number of ether oxygens (including phenoxy) is 1. The van der Waals surface area contributed by atoms with Crippen molar-refractivity contribution < 1.29 is 9.13 Å². The van der Waals surface area contributed by atoms with Gasteiger partial charge in [0.1, 0.15) is 6.61 Å². The molecular formula is C15H16FNO. The third-order valence-corrected chi connectivity index (χ3v) is 2.74. The van der Waals surface area contributed by atoms with E-state index in [1.807, 2.05) is 31.2 Å². The van der Waals surface area contributed by atoms with Crippen molar-refractivity contribution in [1.29, 1.82) is 0 Å². The first-order valence-electron chi connectivity index (χ1n) is 5.86. The first-order valence-corrected chi connectivity index (χ1v) is 5.86. The molecule has 0 unspecified atom stereocenters. The molecule has 0 radical (unpaired) electrons. The first-order chi connectivity index (χ1) is 8.69. The molecule has 2 rings (SSSR count). The highest BCUT2D eigenvalue weighted by Crippen LogP contribution is 2.19. The van der Waals surface area contributed by atoms with Crippen molar-refractivity contribution in [2.45, 2.75) is 20.1 Å². The molecule has 0 aliphatic rings. The lowest BCUT2D eigenvalue weighted by Gasteiger charge is -2.08. The number of hydrogen-bond donors (Lipinski definition) is 1. The number of rotatable bonds is 4. The highest BCUT2D eigenvalue weighted by Gasteiger charge is 2.03. The van der Waals surface area contributed by atoms with Crippen molar-refractivity contribution in [2.75, 3.05) is 0 Å². The van der Waals surface area contributed by atoms with Gasteiger partial charge in [0.05, 0.1) is 0 Å². The number of hydrogen-bond acceptors (Lipinski definition) is 2. The van der Waals surface area contributed by atoms with Crippen LogP contribution in [0.2, 0.25) is 0 Å². The maximum Gasteiger partial charge on any atom is 0.165 e. The molecule has 0 spiro atoms. The third kappa shape index (κ3) is 3.08. The van der Waals surface area contributed by atoms with E-state index in [4.69, 9.17) is 10.5 Å². The Labute approximate surface area is 106 Å². The maximum absolute atomic E-state index is 13.4. The van der Waals surface area contributed by atoms with Gasteiger partial charge in [-0.1, -0.05) is 30.3 Å². The van der Waals surface area contributed by atoms with E-state index >= 15 is 0 Å². The molecule has 0 saturated carbocycles. The van der Waals surface area contributed by atoms with Crippen molar-refractivity contribution in [3.8, 4) is 5.75 Å². The largest absolute Gasteiger partial charge is 0.486 e. The van der Waals surface area contributed by atoms with E-state index in [0.717, 1.165) is 16.7 Å². The van der Waals surface area contributed by atoms with Gasteiger partial charge < -0.3 is 10.5 Å². The minimum atomic E-state index is -0.334. The van der Waals surface area contributed by atoms with Gasteiger partial charge in [0, 0.05) is 6.54 Å². The maximum atomic E-state index is 13.4. The normalized spacial score (nSPS) is 10.4. The van der Waals surface area contributed by atoms with Gasteiger partial charge in [-0.3, -0.25) is 0 Å². The van der Waals surface area contributed by atoms with Crippen molar-refractivity contribution in [3.63, 3.8) is 0 Å². The van der Waals surface area contributed by atoms with Crippen LogP contribution >= 0.6 is 0 Å². The minimum Gasteiger partial charge on any atom is -0.486 e. The van der Waals surface area contributed by atoms with Crippen molar-refractivity contribution in [3.05, 3.63) is 65.0 Å². The predicted octanol–water partition coefficient (Wildman–Crippen LogP) is 3.17. The van der Waals surface area contributed by atoms with Crippen LogP contribution in [0.25, 0.3) is 0 Å². The Bertz CT molecular complexity index is 523. The molecule has 0 atom stereocenters. The zero-order chi connectivity index (χ0) is 13.0. The average Bonchev–Trinajstić information content (AvgIpc) is 2.40. The predicted molar refractivity (Wildman–Crippen MR) is 69.8 cm³/mol. The lowest BCUT2D eigenvalue weighted by atomic mass is 10.1. The lowest BCUT2D eigenvalue weighted by Crippen LogP contribution is -1.99. The van der Waals surface area contributed by atoms with Crippen LogP contribution in [0.1, 0.15) is 16.7 Å². The molecule has 2 N–H and O–H groups in total. The van der Waals surface area contributed by atoms with E-state index in [1.54, 1.807) is 12.1 Å². The van der Waals surface area contributed by atoms with Gasteiger partial charge in [-0.2, -0.15) is 0 Å². The van der Waals surface area contributed by atoms with Gasteiger partial charge in [0.2, 0.25) is 0 Å². The minimum absolute atomic E-state index is 0.290. The Morgan fingerprint density at radius 1 is 1.06 bits per heavy atom. The third-order valence-electron chi connectivity index (χ3n) is 2.74. The zero-order valence-electron chi connectivity index (χ0n) is 10.3. The standard InChI is InChI=1S/C15H16FNO/c1-11-2-7-14(16)15(8-11)18-10-13-5-3-12(9-17)4-6-13/h2-8H,9-10,17H2,1H3. The van der Waals surface area contributed by atoms with Gasteiger partial charge in [-0.05, 0) is 35.7 Å². The molecule has 94 valence electrons. The molecule has 0 bridgehead atoms. The second-order valence-corrected chi connectivity index (χ2v) is 4.24. The Balaban J connectivity index is 2.04. The van der Waals surface area contributed by atoms with Crippen LogP contribution in [0, 0.1) is 12.7 Å². The molecule has 0 saturated heterocycles. The molecule has 2 aromatic carbocycles. The average molecular weight is 245 g/mol. The van der Waals surface area contributed by atoms with E-state index < -0.39 is 0 Å². The molecule has 0 aliphatic heterocycles.